The van der Waals surface area contributed by atoms with Gasteiger partial charge in [-0.25, -0.2) is 4.79 Å². The molecule has 3 aromatic carbocycles. The SMILES string of the molecule is CCc1ccc(C(=O)Oc2ccc(/C=C(\C#N)c3ccc(Cl)cc3)cc2OC)cc1. The molecule has 0 saturated carbocycles. The van der Waals surface area contributed by atoms with Crippen LogP contribution in [0.15, 0.2) is 66.7 Å². The van der Waals surface area contributed by atoms with Gasteiger partial charge in [-0.15, -0.1) is 0 Å². The van der Waals surface area contributed by atoms with Gasteiger partial charge in [-0.3, -0.25) is 0 Å². The number of halogens is 1. The smallest absolute Gasteiger partial charge is 0.343 e. The number of esters is 1. The van der Waals surface area contributed by atoms with Gasteiger partial charge in [0.05, 0.1) is 24.3 Å². The van der Waals surface area contributed by atoms with E-state index in [1.165, 1.54) is 7.11 Å². The summed E-state index contributed by atoms with van der Waals surface area (Å²) in [5.74, 6) is 0.248. The molecule has 0 N–H and O–H groups in total. The zero-order valence-electron chi connectivity index (χ0n) is 16.7. The van der Waals surface area contributed by atoms with Crippen LogP contribution >= 0.6 is 11.6 Å². The van der Waals surface area contributed by atoms with Gasteiger partial charge in [0.2, 0.25) is 0 Å². The fourth-order valence-electron chi connectivity index (χ4n) is 2.87. The highest BCUT2D eigenvalue weighted by Crippen LogP contribution is 2.30. The second kappa shape index (κ2) is 9.78. The van der Waals surface area contributed by atoms with Gasteiger partial charge >= 0.3 is 5.97 Å². The maximum absolute atomic E-state index is 12.5. The van der Waals surface area contributed by atoms with Crippen molar-refractivity contribution in [3.05, 3.63) is 94.0 Å². The first kappa shape index (κ1) is 21.2. The third-order valence-corrected chi connectivity index (χ3v) is 4.83. The molecule has 0 saturated heterocycles. The number of hydrogen-bond acceptors (Lipinski definition) is 4. The Morgan fingerprint density at radius 3 is 2.27 bits per heavy atom. The van der Waals surface area contributed by atoms with Gasteiger partial charge in [-0.05, 0) is 65.6 Å². The molecule has 3 aromatic rings. The number of benzene rings is 3. The number of rotatable bonds is 6. The van der Waals surface area contributed by atoms with Crippen LogP contribution in [0.2, 0.25) is 5.02 Å². The normalized spacial score (nSPS) is 10.9. The van der Waals surface area contributed by atoms with E-state index in [2.05, 4.69) is 13.0 Å². The lowest BCUT2D eigenvalue weighted by atomic mass is 10.0. The Morgan fingerprint density at radius 1 is 1.00 bits per heavy atom. The molecular weight excluding hydrogens is 398 g/mol. The van der Waals surface area contributed by atoms with Gasteiger partial charge in [0, 0.05) is 5.02 Å². The molecular formula is C25H20ClNO3. The molecule has 0 amide bonds. The monoisotopic (exact) mass is 417 g/mol. The zero-order valence-corrected chi connectivity index (χ0v) is 17.4. The number of nitrogens with zero attached hydrogens (tertiary/aromatic N) is 1. The summed E-state index contributed by atoms with van der Waals surface area (Å²) in [5.41, 5.74) is 3.59. The Balaban J connectivity index is 1.84. The van der Waals surface area contributed by atoms with Crippen molar-refractivity contribution in [2.75, 3.05) is 7.11 Å². The molecule has 5 heteroatoms. The first-order valence-electron chi connectivity index (χ1n) is 9.41. The van der Waals surface area contributed by atoms with Crippen LogP contribution in [0.3, 0.4) is 0 Å². The third-order valence-electron chi connectivity index (χ3n) is 4.57. The Bertz CT molecular complexity index is 1110. The minimum Gasteiger partial charge on any atom is -0.493 e. The molecule has 0 aliphatic carbocycles. The number of allylic oxidation sites excluding steroid dienone is 1. The molecule has 0 spiro atoms. The van der Waals surface area contributed by atoms with Crippen LogP contribution < -0.4 is 9.47 Å². The second-order valence-corrected chi connectivity index (χ2v) is 6.96. The van der Waals surface area contributed by atoms with Crippen molar-refractivity contribution in [2.45, 2.75) is 13.3 Å². The second-order valence-electron chi connectivity index (χ2n) is 6.53. The van der Waals surface area contributed by atoms with Crippen LogP contribution in [0.25, 0.3) is 11.6 Å². The minimum absolute atomic E-state index is 0.309. The maximum Gasteiger partial charge on any atom is 0.343 e. The van der Waals surface area contributed by atoms with Gasteiger partial charge in [0.25, 0.3) is 0 Å². The van der Waals surface area contributed by atoms with Crippen molar-refractivity contribution in [2.24, 2.45) is 0 Å². The number of ether oxygens (including phenoxy) is 2. The predicted molar refractivity (Wildman–Crippen MR) is 119 cm³/mol. The average Bonchev–Trinajstić information content (AvgIpc) is 2.79. The first-order valence-corrected chi connectivity index (χ1v) is 9.78. The topological polar surface area (TPSA) is 59.3 Å². The fraction of sp³-hybridized carbons (Fsp3) is 0.120. The summed E-state index contributed by atoms with van der Waals surface area (Å²) in [6.07, 6.45) is 2.64. The van der Waals surface area contributed by atoms with Gasteiger partial charge in [-0.1, -0.05) is 48.9 Å². The van der Waals surface area contributed by atoms with Gasteiger partial charge in [0.15, 0.2) is 11.5 Å². The predicted octanol–water partition coefficient (Wildman–Crippen LogP) is 6.19. The molecule has 0 aliphatic rings. The summed E-state index contributed by atoms with van der Waals surface area (Å²) in [5, 5.41) is 10.1. The van der Waals surface area contributed by atoms with Crippen molar-refractivity contribution in [1.82, 2.24) is 0 Å². The van der Waals surface area contributed by atoms with Crippen molar-refractivity contribution in [3.8, 4) is 17.6 Å². The molecule has 0 radical (unpaired) electrons. The highest BCUT2D eigenvalue weighted by Gasteiger charge is 2.13. The molecule has 0 heterocycles. The Hall–Kier alpha value is -3.55. The molecule has 0 bridgehead atoms. The average molecular weight is 418 g/mol. The highest BCUT2D eigenvalue weighted by molar-refractivity contribution is 6.30. The minimum atomic E-state index is -0.460. The number of nitriles is 1. The van der Waals surface area contributed by atoms with Crippen LogP contribution in [-0.2, 0) is 6.42 Å². The van der Waals surface area contributed by atoms with Crippen molar-refractivity contribution in [1.29, 1.82) is 5.26 Å². The summed E-state index contributed by atoms with van der Waals surface area (Å²) in [7, 11) is 1.50. The van der Waals surface area contributed by atoms with E-state index in [-0.39, 0.29) is 0 Å². The van der Waals surface area contributed by atoms with Crippen LogP contribution in [-0.4, -0.2) is 13.1 Å². The molecule has 3 rings (SSSR count). The van der Waals surface area contributed by atoms with E-state index in [1.54, 1.807) is 60.7 Å². The van der Waals surface area contributed by atoms with Crippen molar-refractivity contribution < 1.29 is 14.3 Å². The fourth-order valence-corrected chi connectivity index (χ4v) is 3.00. The molecule has 4 nitrogen and oxygen atoms in total. The Labute approximate surface area is 180 Å². The highest BCUT2D eigenvalue weighted by atomic mass is 35.5. The van der Waals surface area contributed by atoms with E-state index in [1.807, 2.05) is 12.1 Å². The quantitative estimate of drug-likeness (QED) is 0.207. The van der Waals surface area contributed by atoms with E-state index >= 15 is 0 Å². The maximum atomic E-state index is 12.5. The van der Waals surface area contributed by atoms with Crippen LogP contribution in [0.4, 0.5) is 0 Å². The lowest BCUT2D eigenvalue weighted by molar-refractivity contribution is 0.0729. The van der Waals surface area contributed by atoms with Crippen LogP contribution in [0.1, 0.15) is 34.0 Å². The number of hydrogen-bond donors (Lipinski definition) is 0. The number of aryl methyl sites for hydroxylation is 1. The summed E-state index contributed by atoms with van der Waals surface area (Å²) < 4.78 is 10.9. The van der Waals surface area contributed by atoms with E-state index in [9.17, 15) is 10.1 Å². The van der Waals surface area contributed by atoms with Crippen molar-refractivity contribution >= 4 is 29.2 Å². The van der Waals surface area contributed by atoms with Crippen LogP contribution in [0, 0.1) is 11.3 Å². The summed E-state index contributed by atoms with van der Waals surface area (Å²) in [4.78, 5) is 12.5. The number of carbonyl (C=O) groups excluding carboxylic acids is 1. The van der Waals surface area contributed by atoms with Gasteiger partial charge in [-0.2, -0.15) is 5.26 Å². The Kier molecular flexibility index (Phi) is 6.90. The largest absolute Gasteiger partial charge is 0.493 e. The molecule has 0 aliphatic heterocycles. The lowest BCUT2D eigenvalue weighted by Crippen LogP contribution is -2.09. The standard InChI is InChI=1S/C25H20ClNO3/c1-3-17-4-7-20(8-5-17)25(28)30-23-13-6-18(15-24(23)29-2)14-21(16-27)19-9-11-22(26)12-10-19/h4-15H,3H2,1-2H3/b21-14+. The van der Waals surface area contributed by atoms with Gasteiger partial charge < -0.3 is 9.47 Å². The van der Waals surface area contributed by atoms with E-state index < -0.39 is 5.97 Å². The summed E-state index contributed by atoms with van der Waals surface area (Å²) in [6.45, 7) is 2.05. The van der Waals surface area contributed by atoms with Crippen molar-refractivity contribution in [3.63, 3.8) is 0 Å². The Morgan fingerprint density at radius 2 is 1.67 bits per heavy atom. The summed E-state index contributed by atoms with van der Waals surface area (Å²) >= 11 is 5.92. The van der Waals surface area contributed by atoms with Crippen LogP contribution in [0.5, 0.6) is 11.5 Å². The number of methoxy groups -OCH3 is 1. The van der Waals surface area contributed by atoms with E-state index in [0.29, 0.717) is 27.7 Å². The molecule has 0 fully saturated rings. The molecule has 0 aromatic heterocycles. The summed E-state index contributed by atoms with van der Waals surface area (Å²) in [6, 6.07) is 21.7. The lowest BCUT2D eigenvalue weighted by Gasteiger charge is -2.10. The van der Waals surface area contributed by atoms with E-state index in [4.69, 9.17) is 21.1 Å². The van der Waals surface area contributed by atoms with Gasteiger partial charge in [0.1, 0.15) is 0 Å². The molecule has 30 heavy (non-hydrogen) atoms. The molecule has 150 valence electrons. The third kappa shape index (κ3) is 5.08. The van der Waals surface area contributed by atoms with E-state index in [0.717, 1.165) is 23.1 Å². The number of carbonyl (C=O) groups is 1. The molecule has 0 atom stereocenters. The first-order chi connectivity index (χ1) is 14.5. The zero-order chi connectivity index (χ0) is 21.5. The molecule has 0 unspecified atom stereocenters.